The Labute approximate surface area is 74.3 Å². The normalized spacial score (nSPS) is 10.8. The topological polar surface area (TPSA) is 46.2 Å². The molecule has 0 spiro atoms. The Hall–Kier alpha value is -1.22. The fraction of sp³-hybridized carbons (Fsp3) is 0.111. The van der Waals surface area contributed by atoms with E-state index in [4.69, 9.17) is 5.73 Å². The van der Waals surface area contributed by atoms with Gasteiger partial charge in [-0.2, -0.15) is 0 Å². The van der Waals surface area contributed by atoms with Crippen molar-refractivity contribution in [1.29, 1.82) is 0 Å². The molecule has 2 rings (SSSR count). The van der Waals surface area contributed by atoms with E-state index in [2.05, 4.69) is 0 Å². The number of phenols is 1. The SMILES string of the molecule is Cc1ccc2sc(N)cc2c1O. The molecule has 12 heavy (non-hydrogen) atoms. The number of aryl methyl sites for hydroxylation is 1. The molecule has 0 fully saturated rings. The molecule has 0 atom stereocenters. The Bertz CT molecular complexity index is 433. The van der Waals surface area contributed by atoms with Crippen LogP contribution in [-0.2, 0) is 0 Å². The molecule has 0 aliphatic heterocycles. The van der Waals surface area contributed by atoms with Crippen LogP contribution in [0.25, 0.3) is 10.1 Å². The van der Waals surface area contributed by atoms with E-state index in [1.54, 1.807) is 0 Å². The molecular formula is C9H9NOS. The molecule has 0 saturated heterocycles. The molecule has 0 amide bonds. The lowest BCUT2D eigenvalue weighted by atomic mass is 10.1. The smallest absolute Gasteiger partial charge is 0.127 e. The van der Waals surface area contributed by atoms with Gasteiger partial charge >= 0.3 is 0 Å². The number of aromatic hydroxyl groups is 1. The summed E-state index contributed by atoms with van der Waals surface area (Å²) in [4.78, 5) is 0. The van der Waals surface area contributed by atoms with Crippen molar-refractivity contribution >= 4 is 26.4 Å². The quantitative estimate of drug-likeness (QED) is 0.652. The highest BCUT2D eigenvalue weighted by molar-refractivity contribution is 7.22. The molecule has 0 radical (unpaired) electrons. The summed E-state index contributed by atoms with van der Waals surface area (Å²) in [7, 11) is 0. The van der Waals surface area contributed by atoms with E-state index in [1.807, 2.05) is 25.1 Å². The van der Waals surface area contributed by atoms with Gasteiger partial charge in [-0.15, -0.1) is 11.3 Å². The summed E-state index contributed by atoms with van der Waals surface area (Å²) in [6.07, 6.45) is 0. The average Bonchev–Trinajstić information content (AvgIpc) is 2.39. The summed E-state index contributed by atoms with van der Waals surface area (Å²) < 4.78 is 1.04. The van der Waals surface area contributed by atoms with Gasteiger partial charge in [0.1, 0.15) is 5.75 Å². The second-order valence-corrected chi connectivity index (χ2v) is 3.91. The Morgan fingerprint density at radius 2 is 2.17 bits per heavy atom. The number of benzene rings is 1. The summed E-state index contributed by atoms with van der Waals surface area (Å²) in [5, 5.41) is 11.2. The number of fused-ring (bicyclic) bond motifs is 1. The predicted molar refractivity (Wildman–Crippen MR) is 52.6 cm³/mol. The van der Waals surface area contributed by atoms with Gasteiger partial charge in [0, 0.05) is 10.1 Å². The number of anilines is 1. The standard InChI is InChI=1S/C9H9NOS/c1-5-2-3-7-6(9(5)11)4-8(10)12-7/h2-4,11H,10H2,1H3. The highest BCUT2D eigenvalue weighted by Gasteiger charge is 2.05. The molecule has 1 aromatic carbocycles. The fourth-order valence-electron chi connectivity index (χ4n) is 1.23. The van der Waals surface area contributed by atoms with Gasteiger partial charge in [0.05, 0.1) is 5.00 Å². The van der Waals surface area contributed by atoms with Crippen LogP contribution in [0.4, 0.5) is 5.00 Å². The minimum absolute atomic E-state index is 0.348. The van der Waals surface area contributed by atoms with Crippen LogP contribution in [0.1, 0.15) is 5.56 Å². The van der Waals surface area contributed by atoms with E-state index in [1.165, 1.54) is 11.3 Å². The van der Waals surface area contributed by atoms with Crippen molar-refractivity contribution in [2.75, 3.05) is 5.73 Å². The van der Waals surface area contributed by atoms with Crippen molar-refractivity contribution in [2.24, 2.45) is 0 Å². The van der Waals surface area contributed by atoms with E-state index in [0.717, 1.165) is 20.7 Å². The van der Waals surface area contributed by atoms with E-state index in [9.17, 15) is 5.11 Å². The summed E-state index contributed by atoms with van der Waals surface area (Å²) >= 11 is 1.49. The first-order valence-corrected chi connectivity index (χ1v) is 4.48. The molecule has 1 aromatic heterocycles. The molecule has 3 N–H and O–H groups in total. The molecule has 0 aliphatic rings. The zero-order chi connectivity index (χ0) is 8.72. The van der Waals surface area contributed by atoms with Gasteiger partial charge < -0.3 is 10.8 Å². The van der Waals surface area contributed by atoms with Crippen LogP contribution < -0.4 is 5.73 Å². The van der Waals surface area contributed by atoms with Gasteiger partial charge in [0.25, 0.3) is 0 Å². The number of rotatable bonds is 0. The van der Waals surface area contributed by atoms with E-state index in [-0.39, 0.29) is 0 Å². The van der Waals surface area contributed by atoms with Gasteiger partial charge in [-0.1, -0.05) is 6.07 Å². The van der Waals surface area contributed by atoms with Crippen LogP contribution in [0.2, 0.25) is 0 Å². The Morgan fingerprint density at radius 1 is 1.42 bits per heavy atom. The number of hydrogen-bond acceptors (Lipinski definition) is 3. The van der Waals surface area contributed by atoms with Crippen LogP contribution in [0.5, 0.6) is 5.75 Å². The summed E-state index contributed by atoms with van der Waals surface area (Å²) in [5.41, 5.74) is 6.51. The maximum atomic E-state index is 9.62. The van der Waals surface area contributed by atoms with Crippen LogP contribution >= 0.6 is 11.3 Å². The average molecular weight is 179 g/mol. The first-order valence-electron chi connectivity index (χ1n) is 3.66. The van der Waals surface area contributed by atoms with E-state index < -0.39 is 0 Å². The van der Waals surface area contributed by atoms with Crippen molar-refractivity contribution in [3.05, 3.63) is 23.8 Å². The molecule has 2 nitrogen and oxygen atoms in total. The maximum Gasteiger partial charge on any atom is 0.127 e. The van der Waals surface area contributed by atoms with Crippen LogP contribution in [0.3, 0.4) is 0 Å². The molecule has 1 heterocycles. The van der Waals surface area contributed by atoms with Crippen molar-refractivity contribution in [3.8, 4) is 5.75 Å². The molecule has 2 aromatic rings. The zero-order valence-electron chi connectivity index (χ0n) is 6.66. The van der Waals surface area contributed by atoms with Crippen LogP contribution in [0.15, 0.2) is 18.2 Å². The monoisotopic (exact) mass is 179 g/mol. The largest absolute Gasteiger partial charge is 0.507 e. The minimum Gasteiger partial charge on any atom is -0.507 e. The van der Waals surface area contributed by atoms with Gasteiger partial charge in [-0.3, -0.25) is 0 Å². The molecule has 3 heteroatoms. The lowest BCUT2D eigenvalue weighted by molar-refractivity contribution is 0.477. The highest BCUT2D eigenvalue weighted by Crippen LogP contribution is 2.35. The Morgan fingerprint density at radius 3 is 2.92 bits per heavy atom. The first-order chi connectivity index (χ1) is 5.68. The molecule has 0 unspecified atom stereocenters. The van der Waals surface area contributed by atoms with Crippen LogP contribution in [-0.4, -0.2) is 5.11 Å². The summed E-state index contributed by atoms with van der Waals surface area (Å²) in [6, 6.07) is 5.68. The Balaban J connectivity index is 2.89. The van der Waals surface area contributed by atoms with Crippen molar-refractivity contribution in [2.45, 2.75) is 6.92 Å². The van der Waals surface area contributed by atoms with Crippen molar-refractivity contribution in [1.82, 2.24) is 0 Å². The summed E-state index contributed by atoms with van der Waals surface area (Å²) in [5.74, 6) is 0.348. The number of hydrogen-bond donors (Lipinski definition) is 2. The third-order valence-corrected chi connectivity index (χ3v) is 2.82. The lowest BCUT2D eigenvalue weighted by Crippen LogP contribution is -1.74. The lowest BCUT2D eigenvalue weighted by Gasteiger charge is -1.97. The van der Waals surface area contributed by atoms with Gasteiger partial charge in [-0.25, -0.2) is 0 Å². The van der Waals surface area contributed by atoms with E-state index in [0.29, 0.717) is 5.75 Å². The molecule has 0 aliphatic carbocycles. The maximum absolute atomic E-state index is 9.62. The minimum atomic E-state index is 0.348. The molecular weight excluding hydrogens is 170 g/mol. The number of thiophene rings is 1. The number of nitrogens with two attached hydrogens (primary N) is 1. The second-order valence-electron chi connectivity index (χ2n) is 2.79. The van der Waals surface area contributed by atoms with Crippen molar-refractivity contribution in [3.63, 3.8) is 0 Å². The molecule has 62 valence electrons. The Kier molecular flexibility index (Phi) is 1.48. The molecule has 0 bridgehead atoms. The number of nitrogen functional groups attached to an aromatic ring is 1. The van der Waals surface area contributed by atoms with Gasteiger partial charge in [-0.05, 0) is 24.6 Å². The van der Waals surface area contributed by atoms with Crippen LogP contribution in [0, 0.1) is 6.92 Å². The second kappa shape index (κ2) is 2.38. The fourth-order valence-corrected chi connectivity index (χ4v) is 2.06. The van der Waals surface area contributed by atoms with Gasteiger partial charge in [0.2, 0.25) is 0 Å². The predicted octanol–water partition coefficient (Wildman–Crippen LogP) is 2.50. The first kappa shape index (κ1) is 7.43. The molecule has 0 saturated carbocycles. The number of phenolic OH excluding ortho intramolecular Hbond substituents is 1. The van der Waals surface area contributed by atoms with Gasteiger partial charge in [0.15, 0.2) is 0 Å². The van der Waals surface area contributed by atoms with E-state index >= 15 is 0 Å². The third-order valence-electron chi connectivity index (χ3n) is 1.89. The summed E-state index contributed by atoms with van der Waals surface area (Å²) in [6.45, 7) is 1.88. The third kappa shape index (κ3) is 0.940. The zero-order valence-corrected chi connectivity index (χ0v) is 7.48. The highest BCUT2D eigenvalue weighted by atomic mass is 32.1. The van der Waals surface area contributed by atoms with Crippen molar-refractivity contribution < 1.29 is 5.11 Å².